The Morgan fingerprint density at radius 2 is 1.97 bits per heavy atom. The summed E-state index contributed by atoms with van der Waals surface area (Å²) in [5, 5.41) is 8.17. The molecule has 0 unspecified atom stereocenters. The number of allylic oxidation sites excluding steroid dienone is 1. The van der Waals surface area contributed by atoms with Gasteiger partial charge in [0.2, 0.25) is 10.0 Å². The molecule has 34 heavy (non-hydrogen) atoms. The second kappa shape index (κ2) is 10.6. The Balaban J connectivity index is 0.00000408. The summed E-state index contributed by atoms with van der Waals surface area (Å²) in [5.41, 5.74) is 6.59. The van der Waals surface area contributed by atoms with Crippen molar-refractivity contribution in [3.63, 3.8) is 0 Å². The maximum Gasteiger partial charge on any atom is 0.337 e. The van der Waals surface area contributed by atoms with Gasteiger partial charge in [-0.15, -0.1) is 17.5 Å². The number of sulfonamides is 1. The number of benzene rings is 2. The Labute approximate surface area is 203 Å². The monoisotopic (exact) mass is 511 g/mol. The van der Waals surface area contributed by atoms with Gasteiger partial charge in [-0.3, -0.25) is 0 Å². The van der Waals surface area contributed by atoms with Gasteiger partial charge in [0, 0.05) is 17.6 Å². The summed E-state index contributed by atoms with van der Waals surface area (Å²) in [6.45, 7) is 5.04. The Hall–Kier alpha value is -2.86. The maximum absolute atomic E-state index is 14.1. The van der Waals surface area contributed by atoms with Crippen molar-refractivity contribution >= 4 is 39.4 Å². The van der Waals surface area contributed by atoms with Gasteiger partial charge in [-0.05, 0) is 56.7 Å². The van der Waals surface area contributed by atoms with E-state index in [4.69, 9.17) is 10.5 Å². The van der Waals surface area contributed by atoms with Crippen LogP contribution in [0.25, 0.3) is 22.2 Å². The number of esters is 1. The van der Waals surface area contributed by atoms with Gasteiger partial charge in [-0.1, -0.05) is 17.3 Å². The third-order valence-corrected chi connectivity index (χ3v) is 6.33. The molecule has 0 bridgehead atoms. The molecule has 3 N–H and O–H groups in total. The van der Waals surface area contributed by atoms with E-state index in [1.807, 2.05) is 0 Å². The summed E-state index contributed by atoms with van der Waals surface area (Å²) in [7, 11) is -2.55. The summed E-state index contributed by atoms with van der Waals surface area (Å²) in [4.78, 5) is 12.4. The van der Waals surface area contributed by atoms with Crippen molar-refractivity contribution in [1.29, 1.82) is 0 Å². The fraction of sp³-hybridized carbons (Fsp3) is 0.318. The van der Waals surface area contributed by atoms with Crippen LogP contribution in [0.1, 0.15) is 31.1 Å². The van der Waals surface area contributed by atoms with Crippen LogP contribution in [0.4, 0.5) is 4.39 Å². The molecule has 0 fully saturated rings. The van der Waals surface area contributed by atoms with Crippen LogP contribution in [-0.2, 0) is 21.3 Å². The van der Waals surface area contributed by atoms with Gasteiger partial charge in [-0.2, -0.15) is 0 Å². The quantitative estimate of drug-likeness (QED) is 0.466. The lowest BCUT2D eigenvalue weighted by atomic mass is 10.0. The molecule has 0 radical (unpaired) electrons. The third-order valence-electron chi connectivity index (χ3n) is 4.58. The molecule has 0 aliphatic rings. The molecule has 2 aromatic carbocycles. The van der Waals surface area contributed by atoms with Crippen LogP contribution < -0.4 is 10.5 Å². The normalized spacial score (nSPS) is 12.5. The number of nitrogens with zero attached hydrogens (tertiary/aromatic N) is 3. The summed E-state index contributed by atoms with van der Waals surface area (Å²) in [5.74, 6) is -1.11. The zero-order chi connectivity index (χ0) is 24.4. The lowest BCUT2D eigenvalue weighted by Gasteiger charge is -2.20. The van der Waals surface area contributed by atoms with Crippen molar-refractivity contribution < 1.29 is 22.3 Å². The minimum atomic E-state index is -3.80. The number of fused-ring (bicyclic) bond motifs is 1. The largest absolute Gasteiger partial charge is 0.465 e. The fourth-order valence-electron chi connectivity index (χ4n) is 3.27. The van der Waals surface area contributed by atoms with Crippen molar-refractivity contribution in [2.24, 2.45) is 5.73 Å². The number of aromatic nitrogens is 3. The highest BCUT2D eigenvalue weighted by Crippen LogP contribution is 2.31. The number of hydrogen-bond acceptors (Lipinski definition) is 7. The number of nitrogens with one attached hydrogen (secondary N) is 1. The molecule has 0 saturated heterocycles. The number of nitrogens with two attached hydrogens (primary N) is 1. The molecule has 0 aliphatic heterocycles. The van der Waals surface area contributed by atoms with E-state index >= 15 is 0 Å². The van der Waals surface area contributed by atoms with Gasteiger partial charge in [-0.25, -0.2) is 27.0 Å². The van der Waals surface area contributed by atoms with Crippen LogP contribution in [0.2, 0.25) is 0 Å². The summed E-state index contributed by atoms with van der Waals surface area (Å²) < 4.78 is 48.5. The minimum Gasteiger partial charge on any atom is -0.465 e. The molecule has 1 heterocycles. The second-order valence-electron chi connectivity index (χ2n) is 8.40. The number of methoxy groups -OCH3 is 1. The molecule has 9 nitrogen and oxygen atoms in total. The number of carbonyl (C=O) groups is 1. The Kier molecular flexibility index (Phi) is 8.54. The molecule has 184 valence electrons. The molecule has 0 spiro atoms. The highest BCUT2D eigenvalue weighted by Gasteiger charge is 2.23. The summed E-state index contributed by atoms with van der Waals surface area (Å²) in [6.07, 6.45) is 1.22. The highest BCUT2D eigenvalue weighted by atomic mass is 35.5. The first-order valence-electron chi connectivity index (χ1n) is 10.1. The topological polar surface area (TPSA) is 129 Å². The van der Waals surface area contributed by atoms with Gasteiger partial charge in [0.25, 0.3) is 0 Å². The average Bonchev–Trinajstić information content (AvgIpc) is 3.13. The van der Waals surface area contributed by atoms with E-state index in [-0.39, 0.29) is 36.0 Å². The molecule has 3 rings (SSSR count). The SMILES string of the molecule is COC(=O)c1cc(-c2cccc(S(=O)(=O)NC(C)(C)C)c2)c2nnn(C/C(F)=C/CN)c2c1.Cl. The van der Waals surface area contributed by atoms with Crippen LogP contribution in [0, 0.1) is 0 Å². The molecule has 1 aromatic heterocycles. The van der Waals surface area contributed by atoms with E-state index in [0.29, 0.717) is 22.2 Å². The molecule has 0 aliphatic carbocycles. The zero-order valence-corrected chi connectivity index (χ0v) is 20.8. The number of hydrogen-bond donors (Lipinski definition) is 2. The lowest BCUT2D eigenvalue weighted by Crippen LogP contribution is -2.40. The van der Waals surface area contributed by atoms with Gasteiger partial charge < -0.3 is 10.5 Å². The predicted molar refractivity (Wildman–Crippen MR) is 130 cm³/mol. The van der Waals surface area contributed by atoms with Crippen molar-refractivity contribution in [3.05, 3.63) is 53.9 Å². The van der Waals surface area contributed by atoms with Crippen molar-refractivity contribution in [2.75, 3.05) is 13.7 Å². The third kappa shape index (κ3) is 6.17. The Morgan fingerprint density at radius 3 is 2.59 bits per heavy atom. The lowest BCUT2D eigenvalue weighted by molar-refractivity contribution is 0.0601. The fourth-order valence-corrected chi connectivity index (χ4v) is 4.73. The Bertz CT molecular complexity index is 1330. The number of rotatable bonds is 7. The number of carbonyl (C=O) groups excluding carboxylic acids is 1. The molecule has 0 saturated carbocycles. The smallest absolute Gasteiger partial charge is 0.337 e. The first kappa shape index (κ1) is 27.4. The van der Waals surface area contributed by atoms with Crippen molar-refractivity contribution in [1.82, 2.24) is 19.7 Å². The Morgan fingerprint density at radius 1 is 1.26 bits per heavy atom. The molecule has 0 amide bonds. The summed E-state index contributed by atoms with van der Waals surface area (Å²) >= 11 is 0. The van der Waals surface area contributed by atoms with Crippen LogP contribution in [0.15, 0.2) is 53.2 Å². The second-order valence-corrected chi connectivity index (χ2v) is 10.1. The average molecular weight is 512 g/mol. The standard InChI is InChI=1S/C22H26FN5O4S.ClH/c1-22(2,3)26-33(30,31)17-7-5-6-14(10-17)18-11-15(21(29)32-4)12-19-20(18)25-27-28(19)13-16(23)8-9-24;/h5-8,10-12,26H,9,13,24H2,1-4H3;1H/b16-8-;. The van der Waals surface area contributed by atoms with E-state index in [1.165, 1.54) is 36.1 Å². The van der Waals surface area contributed by atoms with E-state index in [1.54, 1.807) is 39.0 Å². The van der Waals surface area contributed by atoms with E-state index in [9.17, 15) is 17.6 Å². The van der Waals surface area contributed by atoms with Gasteiger partial charge in [0.1, 0.15) is 11.3 Å². The van der Waals surface area contributed by atoms with Crippen LogP contribution in [-0.4, -0.2) is 48.6 Å². The minimum absolute atomic E-state index is 0. The van der Waals surface area contributed by atoms with E-state index < -0.39 is 27.4 Å². The number of ether oxygens (including phenoxy) is 1. The van der Waals surface area contributed by atoms with Gasteiger partial charge in [0.05, 0.1) is 29.6 Å². The maximum atomic E-state index is 14.1. The van der Waals surface area contributed by atoms with Crippen LogP contribution >= 0.6 is 12.4 Å². The first-order chi connectivity index (χ1) is 15.4. The predicted octanol–water partition coefficient (Wildman–Crippen LogP) is 3.20. The molecular formula is C22H27ClFN5O4S. The molecular weight excluding hydrogens is 485 g/mol. The molecule has 0 atom stereocenters. The number of halogens is 2. The first-order valence-corrected chi connectivity index (χ1v) is 11.6. The van der Waals surface area contributed by atoms with Crippen molar-refractivity contribution in [3.8, 4) is 11.1 Å². The van der Waals surface area contributed by atoms with Gasteiger partial charge in [0.15, 0.2) is 0 Å². The zero-order valence-electron chi connectivity index (χ0n) is 19.2. The van der Waals surface area contributed by atoms with E-state index in [2.05, 4.69) is 15.0 Å². The van der Waals surface area contributed by atoms with Crippen LogP contribution in [0.3, 0.4) is 0 Å². The van der Waals surface area contributed by atoms with Crippen LogP contribution in [0.5, 0.6) is 0 Å². The van der Waals surface area contributed by atoms with Gasteiger partial charge >= 0.3 is 5.97 Å². The van der Waals surface area contributed by atoms with Crippen molar-refractivity contribution in [2.45, 2.75) is 37.8 Å². The summed E-state index contributed by atoms with van der Waals surface area (Å²) in [6, 6.07) is 9.29. The molecule has 3 aromatic rings. The molecule has 12 heteroatoms. The highest BCUT2D eigenvalue weighted by molar-refractivity contribution is 7.89. The van der Waals surface area contributed by atoms with E-state index in [0.717, 1.165) is 0 Å².